The lowest BCUT2D eigenvalue weighted by Gasteiger charge is -2.41. The first-order chi connectivity index (χ1) is 17.0. The van der Waals surface area contributed by atoms with Gasteiger partial charge >= 0.3 is 5.63 Å². The third-order valence-electron chi connectivity index (χ3n) is 6.28. The normalized spacial score (nSPS) is 37.2. The molecular formula is C21H26O15. The van der Waals surface area contributed by atoms with E-state index in [-0.39, 0.29) is 5.39 Å². The highest BCUT2D eigenvalue weighted by Crippen LogP contribution is 2.50. The molecule has 15 nitrogen and oxygen atoms in total. The number of phenols is 2. The van der Waals surface area contributed by atoms with E-state index in [1.54, 1.807) is 0 Å². The molecule has 0 bridgehead atoms. The topological polar surface area (TPSA) is 260 Å². The number of aliphatic hydroxyl groups is 8. The number of hydrogen-bond acceptors (Lipinski definition) is 15. The summed E-state index contributed by atoms with van der Waals surface area (Å²) < 4.78 is 21.2. The maximum absolute atomic E-state index is 11.9. The fourth-order valence-corrected chi connectivity index (χ4v) is 4.26. The van der Waals surface area contributed by atoms with Crippen molar-refractivity contribution in [2.75, 3.05) is 13.2 Å². The Labute approximate surface area is 201 Å². The Balaban J connectivity index is 1.86. The molecule has 2 aliphatic rings. The minimum Gasteiger partial charge on any atom is -0.507 e. The molecular weight excluding hydrogens is 492 g/mol. The molecule has 1 aromatic carbocycles. The van der Waals surface area contributed by atoms with E-state index in [1.807, 2.05) is 0 Å². The molecule has 2 aliphatic heterocycles. The highest BCUT2D eigenvalue weighted by molar-refractivity contribution is 5.92. The van der Waals surface area contributed by atoms with Gasteiger partial charge in [0.2, 0.25) is 12.0 Å². The summed E-state index contributed by atoms with van der Waals surface area (Å²) in [7, 11) is 0. The quantitative estimate of drug-likeness (QED) is 0.169. The monoisotopic (exact) mass is 518 g/mol. The van der Waals surface area contributed by atoms with Crippen molar-refractivity contribution in [3.05, 3.63) is 28.1 Å². The van der Waals surface area contributed by atoms with Crippen LogP contribution in [0.1, 0.15) is 11.7 Å². The number of aliphatic hydroxyl groups excluding tert-OH is 8. The zero-order chi connectivity index (χ0) is 26.5. The molecule has 0 spiro atoms. The lowest BCUT2D eigenvalue weighted by molar-refractivity contribution is -0.277. The van der Waals surface area contributed by atoms with Crippen LogP contribution >= 0.6 is 0 Å². The van der Waals surface area contributed by atoms with E-state index in [0.717, 1.165) is 12.1 Å². The molecule has 200 valence electrons. The van der Waals surface area contributed by atoms with Gasteiger partial charge < -0.3 is 69.7 Å². The number of rotatable bonds is 5. The summed E-state index contributed by atoms with van der Waals surface area (Å²) in [5, 5.41) is 102. The molecule has 10 N–H and O–H groups in total. The fourth-order valence-electron chi connectivity index (χ4n) is 4.26. The molecule has 2 fully saturated rings. The molecule has 3 heterocycles. The van der Waals surface area contributed by atoms with E-state index in [9.17, 15) is 55.9 Å². The first kappa shape index (κ1) is 26.5. The summed E-state index contributed by atoms with van der Waals surface area (Å²) in [6.45, 7) is -1.60. The zero-order valence-corrected chi connectivity index (χ0v) is 18.4. The summed E-state index contributed by atoms with van der Waals surface area (Å²) in [6.07, 6.45) is -17.5. The second-order valence-corrected chi connectivity index (χ2v) is 8.50. The van der Waals surface area contributed by atoms with Crippen molar-refractivity contribution in [3.63, 3.8) is 0 Å². The van der Waals surface area contributed by atoms with Crippen LogP contribution in [0.4, 0.5) is 0 Å². The number of hydrogen-bond donors (Lipinski definition) is 10. The first-order valence-corrected chi connectivity index (χ1v) is 10.8. The van der Waals surface area contributed by atoms with Gasteiger partial charge in [0.1, 0.15) is 60.7 Å². The van der Waals surface area contributed by atoms with Crippen LogP contribution in [0.2, 0.25) is 0 Å². The van der Waals surface area contributed by atoms with E-state index >= 15 is 0 Å². The van der Waals surface area contributed by atoms with Gasteiger partial charge in [-0.3, -0.25) is 0 Å². The summed E-state index contributed by atoms with van der Waals surface area (Å²) >= 11 is 0. The Morgan fingerprint density at radius 2 is 1.33 bits per heavy atom. The van der Waals surface area contributed by atoms with E-state index in [4.69, 9.17) is 18.6 Å². The Hall–Kier alpha value is -2.57. The van der Waals surface area contributed by atoms with Crippen LogP contribution in [0, 0.1) is 0 Å². The molecule has 2 aromatic rings. The van der Waals surface area contributed by atoms with Gasteiger partial charge in [-0.25, -0.2) is 4.79 Å². The lowest BCUT2D eigenvalue weighted by Crippen LogP contribution is -2.60. The fraction of sp³-hybridized carbons (Fsp3) is 0.571. The van der Waals surface area contributed by atoms with E-state index < -0.39 is 108 Å². The van der Waals surface area contributed by atoms with Gasteiger partial charge in [-0.1, -0.05) is 0 Å². The molecule has 10 atom stereocenters. The predicted molar refractivity (Wildman–Crippen MR) is 113 cm³/mol. The number of aromatic hydroxyl groups is 2. The van der Waals surface area contributed by atoms with Gasteiger partial charge in [0.05, 0.1) is 24.2 Å². The van der Waals surface area contributed by atoms with Crippen LogP contribution in [-0.2, 0) is 9.47 Å². The molecule has 0 aliphatic carbocycles. The molecule has 0 unspecified atom stereocenters. The predicted octanol–water partition coefficient (Wildman–Crippen LogP) is -4.10. The number of ether oxygens (including phenoxy) is 3. The van der Waals surface area contributed by atoms with Gasteiger partial charge in [0, 0.05) is 6.07 Å². The minimum atomic E-state index is -1.94. The molecule has 1 aromatic heterocycles. The van der Waals surface area contributed by atoms with Crippen LogP contribution in [-0.4, -0.2) is 119 Å². The van der Waals surface area contributed by atoms with Gasteiger partial charge in [0.25, 0.3) is 0 Å². The van der Waals surface area contributed by atoms with E-state index in [0.29, 0.717) is 0 Å². The van der Waals surface area contributed by atoms with Crippen LogP contribution in [0.25, 0.3) is 11.0 Å². The minimum absolute atomic E-state index is 0.265. The summed E-state index contributed by atoms with van der Waals surface area (Å²) in [6, 6.07) is 1.98. The van der Waals surface area contributed by atoms with Crippen LogP contribution in [0.5, 0.6) is 17.2 Å². The number of phenolic OH excluding ortho intramolecular Hbond substituents is 2. The Kier molecular flexibility index (Phi) is 7.40. The Bertz CT molecular complexity index is 1150. The van der Waals surface area contributed by atoms with Crippen molar-refractivity contribution in [1.82, 2.24) is 0 Å². The summed E-state index contributed by atoms with van der Waals surface area (Å²) in [5.74, 6) is -2.54. The molecule has 4 rings (SSSR count). The van der Waals surface area contributed by atoms with Crippen molar-refractivity contribution < 1.29 is 69.7 Å². The second-order valence-electron chi connectivity index (χ2n) is 8.50. The number of fused-ring (bicyclic) bond motifs is 1. The largest absolute Gasteiger partial charge is 0.507 e. The second kappa shape index (κ2) is 10.1. The standard InChI is InChI=1S/C21H26O15/c22-3-6-11(26)14(29)16(31)19(33-6)9-10(25)5-1-2-8(24)35-18(5)20(13(9)28)36-21-17(32)15(30)12(27)7(4-23)34-21/h1-2,6-7,11-12,14-17,19,21-23,25-32H,3-4H2/t6-,7-,11+,12+,14+,15+,16+,17-,19-,21+/m0/s1. The first-order valence-electron chi connectivity index (χ1n) is 10.8. The van der Waals surface area contributed by atoms with Crippen LogP contribution in [0.15, 0.2) is 21.3 Å². The zero-order valence-electron chi connectivity index (χ0n) is 18.4. The maximum Gasteiger partial charge on any atom is 0.336 e. The average Bonchev–Trinajstić information content (AvgIpc) is 2.86. The summed E-state index contributed by atoms with van der Waals surface area (Å²) in [5.41, 5.74) is -2.10. The molecule has 36 heavy (non-hydrogen) atoms. The van der Waals surface area contributed by atoms with Gasteiger partial charge in [-0.2, -0.15) is 0 Å². The van der Waals surface area contributed by atoms with Crippen molar-refractivity contribution in [2.45, 2.75) is 61.2 Å². The molecule has 15 heteroatoms. The van der Waals surface area contributed by atoms with Crippen molar-refractivity contribution >= 4 is 11.0 Å². The van der Waals surface area contributed by atoms with E-state index in [1.165, 1.54) is 0 Å². The molecule has 0 amide bonds. The third-order valence-corrected chi connectivity index (χ3v) is 6.28. The van der Waals surface area contributed by atoms with Gasteiger partial charge in [-0.15, -0.1) is 0 Å². The smallest absolute Gasteiger partial charge is 0.336 e. The molecule has 2 saturated heterocycles. The van der Waals surface area contributed by atoms with Crippen molar-refractivity contribution in [2.24, 2.45) is 0 Å². The highest BCUT2D eigenvalue weighted by atomic mass is 16.7. The molecule has 0 saturated carbocycles. The maximum atomic E-state index is 11.9. The van der Waals surface area contributed by atoms with Gasteiger partial charge in [0.15, 0.2) is 11.3 Å². The Morgan fingerprint density at radius 3 is 1.94 bits per heavy atom. The Morgan fingerprint density at radius 1 is 0.750 bits per heavy atom. The third kappa shape index (κ3) is 4.28. The SMILES string of the molecule is O=c1ccc2c(O)c([C@@H]3O[C@@H](CO)[C@@H](O)[C@@H](O)[C@H]3O)c(O)c(O[C@H]3O[C@@H](CO)[C@@H](O)[C@@H](O)[C@@H]3O)c2o1. The number of benzene rings is 1. The van der Waals surface area contributed by atoms with Crippen molar-refractivity contribution in [1.29, 1.82) is 0 Å². The van der Waals surface area contributed by atoms with Gasteiger partial charge in [-0.05, 0) is 6.07 Å². The average molecular weight is 518 g/mol. The van der Waals surface area contributed by atoms with Crippen LogP contribution in [0.3, 0.4) is 0 Å². The van der Waals surface area contributed by atoms with E-state index in [2.05, 4.69) is 0 Å². The van der Waals surface area contributed by atoms with Crippen LogP contribution < -0.4 is 10.4 Å². The van der Waals surface area contributed by atoms with Crippen molar-refractivity contribution in [3.8, 4) is 17.2 Å². The lowest BCUT2D eigenvalue weighted by atomic mass is 9.89. The molecule has 0 radical (unpaired) electrons. The summed E-state index contributed by atoms with van der Waals surface area (Å²) in [4.78, 5) is 11.9. The highest BCUT2D eigenvalue weighted by Gasteiger charge is 2.48.